The van der Waals surface area contributed by atoms with Gasteiger partial charge in [0.25, 0.3) is 0 Å². The number of para-hydroxylation sites is 2. The van der Waals surface area contributed by atoms with Gasteiger partial charge in [0.15, 0.2) is 11.5 Å². The van der Waals surface area contributed by atoms with Gasteiger partial charge in [0, 0.05) is 17.7 Å². The molecule has 0 radical (unpaired) electrons. The van der Waals surface area contributed by atoms with Crippen LogP contribution in [0.2, 0.25) is 0 Å². The SMILES string of the molecule is CC(C)Cc1ccc(C(C)c2nc3ccccc3n2CC(=O)Nc2ccc3c(c2)OCO3)cc1. The number of aromatic nitrogens is 2. The summed E-state index contributed by atoms with van der Waals surface area (Å²) in [4.78, 5) is 18.0. The quantitative estimate of drug-likeness (QED) is 0.385. The molecule has 174 valence electrons. The zero-order valence-corrected chi connectivity index (χ0v) is 19.7. The molecule has 1 aromatic heterocycles. The fourth-order valence-electron chi connectivity index (χ4n) is 4.47. The average Bonchev–Trinajstić information content (AvgIpc) is 3.43. The first-order chi connectivity index (χ1) is 16.5. The van der Waals surface area contributed by atoms with Crippen LogP contribution in [0.1, 0.15) is 43.6 Å². The molecule has 1 N–H and O–H groups in total. The monoisotopic (exact) mass is 455 g/mol. The van der Waals surface area contributed by atoms with Crippen LogP contribution in [0.4, 0.5) is 5.69 Å². The number of nitrogens with zero attached hydrogens (tertiary/aromatic N) is 2. The molecule has 1 atom stereocenters. The van der Waals surface area contributed by atoms with E-state index in [4.69, 9.17) is 14.5 Å². The van der Waals surface area contributed by atoms with E-state index in [1.54, 1.807) is 12.1 Å². The molecule has 4 aromatic rings. The maximum atomic E-state index is 13.1. The largest absolute Gasteiger partial charge is 0.454 e. The highest BCUT2D eigenvalue weighted by Gasteiger charge is 2.21. The summed E-state index contributed by atoms with van der Waals surface area (Å²) in [7, 11) is 0. The van der Waals surface area contributed by atoms with Crippen molar-refractivity contribution in [3.05, 3.63) is 83.7 Å². The van der Waals surface area contributed by atoms with Crippen molar-refractivity contribution < 1.29 is 14.3 Å². The minimum atomic E-state index is -0.122. The number of hydrogen-bond acceptors (Lipinski definition) is 4. The van der Waals surface area contributed by atoms with E-state index in [1.807, 2.05) is 34.9 Å². The average molecular weight is 456 g/mol. The third kappa shape index (κ3) is 4.49. The van der Waals surface area contributed by atoms with Gasteiger partial charge in [-0.2, -0.15) is 0 Å². The van der Waals surface area contributed by atoms with Crippen LogP contribution in [0.3, 0.4) is 0 Å². The summed E-state index contributed by atoms with van der Waals surface area (Å²) >= 11 is 0. The van der Waals surface area contributed by atoms with Crippen molar-refractivity contribution in [2.24, 2.45) is 5.92 Å². The van der Waals surface area contributed by atoms with Gasteiger partial charge in [-0.15, -0.1) is 0 Å². The van der Waals surface area contributed by atoms with Gasteiger partial charge in [0.1, 0.15) is 12.4 Å². The molecule has 6 nitrogen and oxygen atoms in total. The molecule has 1 unspecified atom stereocenters. The van der Waals surface area contributed by atoms with E-state index in [2.05, 4.69) is 50.4 Å². The number of carbonyl (C=O) groups excluding carboxylic acids is 1. The Bertz CT molecular complexity index is 1320. The van der Waals surface area contributed by atoms with E-state index in [-0.39, 0.29) is 25.2 Å². The molecule has 0 bridgehead atoms. The topological polar surface area (TPSA) is 65.4 Å². The maximum absolute atomic E-state index is 13.1. The number of rotatable bonds is 7. The first-order valence-electron chi connectivity index (χ1n) is 11.7. The number of carbonyl (C=O) groups is 1. The smallest absolute Gasteiger partial charge is 0.244 e. The summed E-state index contributed by atoms with van der Waals surface area (Å²) in [5.41, 5.74) is 5.02. The van der Waals surface area contributed by atoms with Crippen molar-refractivity contribution in [3.8, 4) is 11.5 Å². The number of nitrogens with one attached hydrogen (secondary N) is 1. The molecular formula is C28H29N3O3. The first kappa shape index (κ1) is 22.0. The van der Waals surface area contributed by atoms with Crippen molar-refractivity contribution in [2.75, 3.05) is 12.1 Å². The number of amides is 1. The van der Waals surface area contributed by atoms with Crippen LogP contribution in [0.25, 0.3) is 11.0 Å². The van der Waals surface area contributed by atoms with Crippen molar-refractivity contribution in [1.29, 1.82) is 0 Å². The Labute approximate surface area is 199 Å². The van der Waals surface area contributed by atoms with Crippen molar-refractivity contribution in [2.45, 2.75) is 39.7 Å². The molecule has 0 spiro atoms. The summed E-state index contributed by atoms with van der Waals surface area (Å²) in [6.07, 6.45) is 1.06. The van der Waals surface area contributed by atoms with Crippen LogP contribution in [0.15, 0.2) is 66.7 Å². The van der Waals surface area contributed by atoms with E-state index in [9.17, 15) is 4.79 Å². The Morgan fingerprint density at radius 1 is 1.00 bits per heavy atom. The second kappa shape index (κ2) is 9.21. The third-order valence-corrected chi connectivity index (χ3v) is 6.15. The summed E-state index contributed by atoms with van der Waals surface area (Å²) in [6.45, 7) is 6.97. The number of ether oxygens (including phenoxy) is 2. The van der Waals surface area contributed by atoms with E-state index >= 15 is 0 Å². The minimum Gasteiger partial charge on any atom is -0.454 e. The molecule has 0 aliphatic carbocycles. The van der Waals surface area contributed by atoms with Crippen molar-refractivity contribution in [1.82, 2.24) is 9.55 Å². The fraction of sp³-hybridized carbons (Fsp3) is 0.286. The molecule has 0 saturated carbocycles. The Kier molecular flexibility index (Phi) is 5.97. The van der Waals surface area contributed by atoms with Crippen molar-refractivity contribution >= 4 is 22.6 Å². The lowest BCUT2D eigenvalue weighted by Gasteiger charge is -2.16. The second-order valence-corrected chi connectivity index (χ2v) is 9.22. The highest BCUT2D eigenvalue weighted by atomic mass is 16.7. The van der Waals surface area contributed by atoms with Crippen molar-refractivity contribution in [3.63, 3.8) is 0 Å². The molecule has 34 heavy (non-hydrogen) atoms. The highest BCUT2D eigenvalue weighted by molar-refractivity contribution is 5.92. The molecule has 1 aliphatic heterocycles. The maximum Gasteiger partial charge on any atom is 0.244 e. The third-order valence-electron chi connectivity index (χ3n) is 6.15. The van der Waals surface area contributed by atoms with Crippen LogP contribution in [0.5, 0.6) is 11.5 Å². The van der Waals surface area contributed by atoms with Crippen LogP contribution in [-0.4, -0.2) is 22.3 Å². The van der Waals surface area contributed by atoms with E-state index < -0.39 is 0 Å². The predicted octanol–water partition coefficient (Wildman–Crippen LogP) is 5.75. The summed E-state index contributed by atoms with van der Waals surface area (Å²) in [6, 6.07) is 22.1. The highest BCUT2D eigenvalue weighted by Crippen LogP contribution is 2.34. The van der Waals surface area contributed by atoms with Gasteiger partial charge in [-0.05, 0) is 47.7 Å². The van der Waals surface area contributed by atoms with Gasteiger partial charge in [-0.1, -0.05) is 57.2 Å². The van der Waals surface area contributed by atoms with Gasteiger partial charge < -0.3 is 19.4 Å². The fourth-order valence-corrected chi connectivity index (χ4v) is 4.47. The summed E-state index contributed by atoms with van der Waals surface area (Å²) in [5, 5.41) is 2.98. The number of hydrogen-bond donors (Lipinski definition) is 1. The standard InChI is InChI=1S/C28H29N3O3/c1-18(2)14-20-8-10-21(11-9-20)19(3)28-30-23-6-4-5-7-24(23)31(28)16-27(32)29-22-12-13-25-26(15-22)34-17-33-25/h4-13,15,18-19H,14,16-17H2,1-3H3,(H,29,32). The van der Waals surface area contributed by atoms with Crippen LogP contribution < -0.4 is 14.8 Å². The zero-order chi connectivity index (χ0) is 23.7. The summed E-state index contributed by atoms with van der Waals surface area (Å²) in [5.74, 6) is 2.74. The Morgan fingerprint density at radius 3 is 2.56 bits per heavy atom. The molecule has 1 aliphatic rings. The predicted molar refractivity (Wildman–Crippen MR) is 133 cm³/mol. The Balaban J connectivity index is 1.41. The van der Waals surface area contributed by atoms with E-state index in [0.717, 1.165) is 23.3 Å². The number of imidazole rings is 1. The Hall–Kier alpha value is -3.80. The molecular weight excluding hydrogens is 426 g/mol. The molecule has 1 amide bonds. The first-order valence-corrected chi connectivity index (χ1v) is 11.7. The minimum absolute atomic E-state index is 0.0406. The number of anilines is 1. The van der Waals surface area contributed by atoms with Gasteiger partial charge in [0.05, 0.1) is 11.0 Å². The number of benzene rings is 3. The van der Waals surface area contributed by atoms with Gasteiger partial charge in [0.2, 0.25) is 12.7 Å². The molecule has 5 rings (SSSR count). The van der Waals surface area contributed by atoms with Crippen LogP contribution >= 0.6 is 0 Å². The molecule has 0 fully saturated rings. The van der Waals surface area contributed by atoms with Gasteiger partial charge in [-0.3, -0.25) is 4.79 Å². The van der Waals surface area contributed by atoms with Gasteiger partial charge in [-0.25, -0.2) is 4.98 Å². The molecule has 6 heteroatoms. The number of fused-ring (bicyclic) bond motifs is 2. The molecule has 3 aromatic carbocycles. The second-order valence-electron chi connectivity index (χ2n) is 9.22. The summed E-state index contributed by atoms with van der Waals surface area (Å²) < 4.78 is 12.8. The van der Waals surface area contributed by atoms with E-state index in [1.165, 1.54) is 11.1 Å². The lowest BCUT2D eigenvalue weighted by atomic mass is 9.96. The normalized spacial score (nSPS) is 13.4. The Morgan fingerprint density at radius 2 is 1.76 bits per heavy atom. The zero-order valence-electron chi connectivity index (χ0n) is 19.7. The van der Waals surface area contributed by atoms with E-state index in [0.29, 0.717) is 23.1 Å². The molecule has 2 heterocycles. The molecule has 0 saturated heterocycles. The lowest BCUT2D eigenvalue weighted by Crippen LogP contribution is -2.21. The van der Waals surface area contributed by atoms with Crippen LogP contribution in [-0.2, 0) is 17.8 Å². The van der Waals surface area contributed by atoms with Gasteiger partial charge >= 0.3 is 0 Å². The lowest BCUT2D eigenvalue weighted by molar-refractivity contribution is -0.116. The van der Waals surface area contributed by atoms with Crippen LogP contribution in [0, 0.1) is 5.92 Å².